The van der Waals surface area contributed by atoms with Crippen molar-refractivity contribution in [1.29, 1.82) is 0 Å². The third-order valence-electron chi connectivity index (χ3n) is 3.88. The summed E-state index contributed by atoms with van der Waals surface area (Å²) in [5.41, 5.74) is 6.52. The van der Waals surface area contributed by atoms with Gasteiger partial charge in [-0.1, -0.05) is 13.0 Å². The molecule has 19 heavy (non-hydrogen) atoms. The standard InChI is InChI=1S/C15H22N2O2/c1-11(15(16)18)8-12-6-7-17(10-12)13-4-3-5-14(9-13)19-2/h3-5,9,11-12H,6-8,10H2,1-2H3,(H2,16,18). The van der Waals surface area contributed by atoms with Crippen LogP contribution in [0.1, 0.15) is 19.8 Å². The summed E-state index contributed by atoms with van der Waals surface area (Å²) in [5.74, 6) is 1.20. The van der Waals surface area contributed by atoms with Gasteiger partial charge in [-0.3, -0.25) is 4.79 Å². The molecule has 4 heteroatoms. The van der Waals surface area contributed by atoms with Gasteiger partial charge in [-0.25, -0.2) is 0 Å². The number of ether oxygens (including phenoxy) is 1. The van der Waals surface area contributed by atoms with Crippen LogP contribution >= 0.6 is 0 Å². The van der Waals surface area contributed by atoms with Crippen LogP contribution in [-0.4, -0.2) is 26.1 Å². The monoisotopic (exact) mass is 262 g/mol. The molecular weight excluding hydrogens is 240 g/mol. The molecule has 1 fully saturated rings. The van der Waals surface area contributed by atoms with E-state index < -0.39 is 0 Å². The molecule has 0 aromatic heterocycles. The summed E-state index contributed by atoms with van der Waals surface area (Å²) >= 11 is 0. The van der Waals surface area contributed by atoms with Crippen molar-refractivity contribution in [2.24, 2.45) is 17.6 Å². The quantitative estimate of drug-likeness (QED) is 0.883. The van der Waals surface area contributed by atoms with Crippen molar-refractivity contribution in [2.75, 3.05) is 25.1 Å². The van der Waals surface area contributed by atoms with Crippen molar-refractivity contribution < 1.29 is 9.53 Å². The van der Waals surface area contributed by atoms with Gasteiger partial charge in [0, 0.05) is 30.8 Å². The second kappa shape index (κ2) is 5.95. The fraction of sp³-hybridized carbons (Fsp3) is 0.533. The van der Waals surface area contributed by atoms with E-state index in [0.717, 1.165) is 31.7 Å². The van der Waals surface area contributed by atoms with Crippen molar-refractivity contribution in [3.8, 4) is 5.75 Å². The molecule has 2 rings (SSSR count). The molecule has 1 saturated heterocycles. The minimum atomic E-state index is -0.195. The van der Waals surface area contributed by atoms with Crippen LogP contribution in [0.15, 0.2) is 24.3 Å². The Bertz CT molecular complexity index is 448. The number of rotatable bonds is 5. The van der Waals surface area contributed by atoms with Crippen molar-refractivity contribution >= 4 is 11.6 Å². The molecule has 0 bridgehead atoms. The van der Waals surface area contributed by atoms with E-state index in [2.05, 4.69) is 17.0 Å². The molecular formula is C15H22N2O2. The number of amides is 1. The number of hydrogen-bond acceptors (Lipinski definition) is 3. The summed E-state index contributed by atoms with van der Waals surface area (Å²) in [6.45, 7) is 3.94. The Morgan fingerprint density at radius 3 is 3.05 bits per heavy atom. The Morgan fingerprint density at radius 2 is 2.37 bits per heavy atom. The Kier molecular flexibility index (Phi) is 4.30. The molecule has 104 valence electrons. The largest absolute Gasteiger partial charge is 0.497 e. The highest BCUT2D eigenvalue weighted by molar-refractivity contribution is 5.76. The number of carbonyl (C=O) groups excluding carboxylic acids is 1. The zero-order chi connectivity index (χ0) is 13.8. The molecule has 1 aromatic rings. The van der Waals surface area contributed by atoms with Crippen LogP contribution in [-0.2, 0) is 4.79 Å². The number of nitrogens with zero attached hydrogens (tertiary/aromatic N) is 1. The van der Waals surface area contributed by atoms with Gasteiger partial charge in [0.15, 0.2) is 0 Å². The van der Waals surface area contributed by atoms with E-state index >= 15 is 0 Å². The van der Waals surface area contributed by atoms with Crippen molar-refractivity contribution in [3.05, 3.63) is 24.3 Å². The molecule has 1 aliphatic rings. The van der Waals surface area contributed by atoms with Gasteiger partial charge < -0.3 is 15.4 Å². The van der Waals surface area contributed by atoms with Crippen LogP contribution in [0.5, 0.6) is 5.75 Å². The normalized spacial score (nSPS) is 20.3. The number of nitrogens with two attached hydrogens (primary N) is 1. The molecule has 2 unspecified atom stereocenters. The summed E-state index contributed by atoms with van der Waals surface area (Å²) in [6, 6.07) is 8.11. The summed E-state index contributed by atoms with van der Waals surface area (Å²) in [4.78, 5) is 13.5. The van der Waals surface area contributed by atoms with E-state index in [1.54, 1.807) is 7.11 Å². The second-order valence-corrected chi connectivity index (χ2v) is 5.34. The van der Waals surface area contributed by atoms with E-state index in [9.17, 15) is 4.79 Å². The van der Waals surface area contributed by atoms with Crippen LogP contribution in [0.4, 0.5) is 5.69 Å². The Labute approximate surface area is 114 Å². The first-order valence-electron chi connectivity index (χ1n) is 6.78. The maximum atomic E-state index is 11.1. The number of carbonyl (C=O) groups is 1. The SMILES string of the molecule is COc1cccc(N2CCC(CC(C)C(N)=O)C2)c1. The molecule has 2 atom stereocenters. The number of primary amides is 1. The third kappa shape index (κ3) is 3.40. The number of benzene rings is 1. The van der Waals surface area contributed by atoms with E-state index in [1.807, 2.05) is 19.1 Å². The third-order valence-corrected chi connectivity index (χ3v) is 3.88. The topological polar surface area (TPSA) is 55.6 Å². The first-order valence-corrected chi connectivity index (χ1v) is 6.78. The van der Waals surface area contributed by atoms with Crippen molar-refractivity contribution in [3.63, 3.8) is 0 Å². The maximum Gasteiger partial charge on any atom is 0.220 e. The highest BCUT2D eigenvalue weighted by atomic mass is 16.5. The van der Waals surface area contributed by atoms with Gasteiger partial charge in [-0.15, -0.1) is 0 Å². The summed E-state index contributed by atoms with van der Waals surface area (Å²) < 4.78 is 5.25. The van der Waals surface area contributed by atoms with Gasteiger partial charge in [0.2, 0.25) is 5.91 Å². The van der Waals surface area contributed by atoms with Crippen LogP contribution in [0, 0.1) is 11.8 Å². The molecule has 2 N–H and O–H groups in total. The molecule has 1 amide bonds. The number of anilines is 1. The van der Waals surface area contributed by atoms with Gasteiger partial charge in [0.25, 0.3) is 0 Å². The lowest BCUT2D eigenvalue weighted by Crippen LogP contribution is -2.25. The van der Waals surface area contributed by atoms with E-state index in [-0.39, 0.29) is 11.8 Å². The van der Waals surface area contributed by atoms with Crippen LogP contribution < -0.4 is 15.4 Å². The zero-order valence-corrected chi connectivity index (χ0v) is 11.6. The minimum Gasteiger partial charge on any atom is -0.497 e. The second-order valence-electron chi connectivity index (χ2n) is 5.34. The Hall–Kier alpha value is -1.71. The number of methoxy groups -OCH3 is 1. The zero-order valence-electron chi connectivity index (χ0n) is 11.6. The molecule has 1 heterocycles. The van der Waals surface area contributed by atoms with Gasteiger partial charge in [-0.2, -0.15) is 0 Å². The molecule has 0 saturated carbocycles. The van der Waals surface area contributed by atoms with Crippen LogP contribution in [0.25, 0.3) is 0 Å². The summed E-state index contributed by atoms with van der Waals surface area (Å²) in [5, 5.41) is 0. The lowest BCUT2D eigenvalue weighted by molar-refractivity contribution is -0.121. The average molecular weight is 262 g/mol. The van der Waals surface area contributed by atoms with Crippen molar-refractivity contribution in [1.82, 2.24) is 0 Å². The molecule has 0 aliphatic carbocycles. The Balaban J connectivity index is 1.96. The lowest BCUT2D eigenvalue weighted by Gasteiger charge is -2.20. The minimum absolute atomic E-state index is 0.0322. The van der Waals surface area contributed by atoms with E-state index in [1.165, 1.54) is 5.69 Å². The predicted octanol–water partition coefficient (Wildman–Crippen LogP) is 2.03. The lowest BCUT2D eigenvalue weighted by atomic mass is 9.95. The van der Waals surface area contributed by atoms with Gasteiger partial charge in [0.1, 0.15) is 5.75 Å². The summed E-state index contributed by atoms with van der Waals surface area (Å²) in [6.07, 6.45) is 2.00. The average Bonchev–Trinajstić information content (AvgIpc) is 2.87. The first-order chi connectivity index (χ1) is 9.10. The Morgan fingerprint density at radius 1 is 1.58 bits per heavy atom. The molecule has 0 spiro atoms. The van der Waals surface area contributed by atoms with E-state index in [4.69, 9.17) is 10.5 Å². The van der Waals surface area contributed by atoms with Crippen LogP contribution in [0.2, 0.25) is 0 Å². The fourth-order valence-electron chi connectivity index (χ4n) is 2.68. The van der Waals surface area contributed by atoms with E-state index in [0.29, 0.717) is 5.92 Å². The number of hydrogen-bond donors (Lipinski definition) is 1. The first kappa shape index (κ1) is 13.7. The smallest absolute Gasteiger partial charge is 0.220 e. The van der Waals surface area contributed by atoms with Crippen LogP contribution in [0.3, 0.4) is 0 Å². The van der Waals surface area contributed by atoms with Gasteiger partial charge in [-0.05, 0) is 30.9 Å². The highest BCUT2D eigenvalue weighted by Crippen LogP contribution is 2.29. The predicted molar refractivity (Wildman–Crippen MR) is 76.3 cm³/mol. The molecule has 1 aliphatic heterocycles. The summed E-state index contributed by atoms with van der Waals surface area (Å²) in [7, 11) is 1.68. The fourth-order valence-corrected chi connectivity index (χ4v) is 2.68. The molecule has 1 aromatic carbocycles. The van der Waals surface area contributed by atoms with Gasteiger partial charge in [0.05, 0.1) is 7.11 Å². The highest BCUT2D eigenvalue weighted by Gasteiger charge is 2.25. The molecule has 4 nitrogen and oxygen atoms in total. The maximum absolute atomic E-state index is 11.1. The molecule has 0 radical (unpaired) electrons. The van der Waals surface area contributed by atoms with Crippen molar-refractivity contribution in [2.45, 2.75) is 19.8 Å². The van der Waals surface area contributed by atoms with Gasteiger partial charge >= 0.3 is 0 Å².